The molecule has 1 N–H and O–H groups in total. The van der Waals surface area contributed by atoms with Crippen LogP contribution in [0.25, 0.3) is 0 Å². The SMILES string of the molecule is CCCCCCCC(CC)COCCCCOCCCCO. The summed E-state index contributed by atoms with van der Waals surface area (Å²) in [6, 6.07) is 0. The van der Waals surface area contributed by atoms with Crippen molar-refractivity contribution in [3.63, 3.8) is 0 Å². The molecule has 134 valence electrons. The van der Waals surface area contributed by atoms with Gasteiger partial charge in [0.1, 0.15) is 0 Å². The van der Waals surface area contributed by atoms with E-state index in [-0.39, 0.29) is 6.61 Å². The Hall–Kier alpha value is -0.120. The minimum absolute atomic E-state index is 0.272. The van der Waals surface area contributed by atoms with Gasteiger partial charge in [-0.1, -0.05) is 52.4 Å². The average Bonchev–Trinajstić information content (AvgIpc) is 2.54. The highest BCUT2D eigenvalue weighted by Gasteiger charge is 2.06. The number of aliphatic hydroxyl groups is 1. The number of ether oxygens (including phenoxy) is 2. The maximum absolute atomic E-state index is 8.65. The molecule has 0 saturated heterocycles. The lowest BCUT2D eigenvalue weighted by Crippen LogP contribution is -2.10. The average molecular weight is 317 g/mol. The summed E-state index contributed by atoms with van der Waals surface area (Å²) in [5.74, 6) is 0.747. The zero-order chi connectivity index (χ0) is 16.3. The molecule has 0 aliphatic carbocycles. The third-order valence-corrected chi connectivity index (χ3v) is 4.17. The molecule has 0 heterocycles. The zero-order valence-corrected chi connectivity index (χ0v) is 15.2. The predicted molar refractivity (Wildman–Crippen MR) is 94.3 cm³/mol. The molecule has 0 radical (unpaired) electrons. The van der Waals surface area contributed by atoms with Gasteiger partial charge < -0.3 is 14.6 Å². The molecule has 0 bridgehead atoms. The number of hydrogen-bond donors (Lipinski definition) is 1. The molecule has 1 atom stereocenters. The molecule has 0 fully saturated rings. The summed E-state index contributed by atoms with van der Waals surface area (Å²) in [6.07, 6.45) is 13.4. The summed E-state index contributed by atoms with van der Waals surface area (Å²) in [5.41, 5.74) is 0. The van der Waals surface area contributed by atoms with Crippen LogP contribution in [0.15, 0.2) is 0 Å². The Balaban J connectivity index is 3.25. The van der Waals surface area contributed by atoms with Gasteiger partial charge in [0.05, 0.1) is 0 Å². The van der Waals surface area contributed by atoms with Crippen molar-refractivity contribution >= 4 is 0 Å². The highest BCUT2D eigenvalue weighted by Crippen LogP contribution is 2.15. The Bertz CT molecular complexity index is 197. The lowest BCUT2D eigenvalue weighted by atomic mass is 9.99. The fourth-order valence-electron chi connectivity index (χ4n) is 2.52. The van der Waals surface area contributed by atoms with Crippen molar-refractivity contribution in [2.45, 2.75) is 84.5 Å². The van der Waals surface area contributed by atoms with Crippen molar-refractivity contribution in [3.05, 3.63) is 0 Å². The molecular weight excluding hydrogens is 276 g/mol. The molecule has 0 aromatic rings. The fourth-order valence-corrected chi connectivity index (χ4v) is 2.52. The van der Waals surface area contributed by atoms with E-state index in [0.29, 0.717) is 0 Å². The van der Waals surface area contributed by atoms with Gasteiger partial charge >= 0.3 is 0 Å². The molecule has 0 aromatic heterocycles. The van der Waals surface area contributed by atoms with Gasteiger partial charge in [0, 0.05) is 33.0 Å². The first-order chi connectivity index (χ1) is 10.8. The lowest BCUT2D eigenvalue weighted by Gasteiger charge is -2.15. The van der Waals surface area contributed by atoms with Crippen LogP contribution in [0, 0.1) is 5.92 Å². The smallest absolute Gasteiger partial charge is 0.0494 e. The summed E-state index contributed by atoms with van der Waals surface area (Å²) < 4.78 is 11.3. The van der Waals surface area contributed by atoms with Gasteiger partial charge in [0.2, 0.25) is 0 Å². The van der Waals surface area contributed by atoms with Crippen LogP contribution in [0.1, 0.15) is 84.5 Å². The molecule has 3 heteroatoms. The highest BCUT2D eigenvalue weighted by atomic mass is 16.5. The first-order valence-electron chi connectivity index (χ1n) is 9.61. The number of aliphatic hydroxyl groups excluding tert-OH is 1. The van der Waals surface area contributed by atoms with E-state index < -0.39 is 0 Å². The van der Waals surface area contributed by atoms with Crippen LogP contribution in [0.5, 0.6) is 0 Å². The third-order valence-electron chi connectivity index (χ3n) is 4.17. The summed E-state index contributed by atoms with van der Waals surface area (Å²) in [7, 11) is 0. The van der Waals surface area contributed by atoms with Crippen LogP contribution in [0.4, 0.5) is 0 Å². The molecule has 0 aromatic carbocycles. The second kappa shape index (κ2) is 18.9. The van der Waals surface area contributed by atoms with Crippen molar-refractivity contribution in [1.82, 2.24) is 0 Å². The van der Waals surface area contributed by atoms with Gasteiger partial charge in [-0.25, -0.2) is 0 Å². The van der Waals surface area contributed by atoms with E-state index in [1.165, 1.54) is 44.9 Å². The van der Waals surface area contributed by atoms with E-state index in [1.54, 1.807) is 0 Å². The van der Waals surface area contributed by atoms with E-state index in [0.717, 1.165) is 58.0 Å². The summed E-state index contributed by atoms with van der Waals surface area (Å²) in [4.78, 5) is 0. The maximum atomic E-state index is 8.65. The Morgan fingerprint density at radius 1 is 0.727 bits per heavy atom. The predicted octanol–water partition coefficient (Wildman–Crippen LogP) is 4.96. The number of rotatable bonds is 18. The Kier molecular flexibility index (Phi) is 18.8. The minimum Gasteiger partial charge on any atom is -0.396 e. The largest absolute Gasteiger partial charge is 0.396 e. The van der Waals surface area contributed by atoms with Crippen molar-refractivity contribution in [1.29, 1.82) is 0 Å². The molecule has 0 spiro atoms. The second-order valence-electron chi connectivity index (χ2n) is 6.30. The van der Waals surface area contributed by atoms with Crippen LogP contribution >= 0.6 is 0 Å². The van der Waals surface area contributed by atoms with E-state index in [2.05, 4.69) is 13.8 Å². The van der Waals surface area contributed by atoms with Gasteiger partial charge in [0.25, 0.3) is 0 Å². The van der Waals surface area contributed by atoms with Crippen LogP contribution < -0.4 is 0 Å². The van der Waals surface area contributed by atoms with Gasteiger partial charge in [-0.15, -0.1) is 0 Å². The summed E-state index contributed by atoms with van der Waals surface area (Å²) in [6.45, 7) is 8.21. The second-order valence-corrected chi connectivity index (χ2v) is 6.30. The minimum atomic E-state index is 0.272. The van der Waals surface area contributed by atoms with E-state index >= 15 is 0 Å². The molecule has 3 nitrogen and oxygen atoms in total. The van der Waals surface area contributed by atoms with Crippen LogP contribution in [0.2, 0.25) is 0 Å². The molecule has 0 amide bonds. The first-order valence-corrected chi connectivity index (χ1v) is 9.61. The number of unbranched alkanes of at least 4 members (excludes halogenated alkanes) is 6. The van der Waals surface area contributed by atoms with E-state index in [1.807, 2.05) is 0 Å². The monoisotopic (exact) mass is 316 g/mol. The Morgan fingerprint density at radius 2 is 1.36 bits per heavy atom. The fraction of sp³-hybridized carbons (Fsp3) is 1.00. The van der Waals surface area contributed by atoms with Gasteiger partial charge in [-0.2, -0.15) is 0 Å². The normalized spacial score (nSPS) is 12.7. The summed E-state index contributed by atoms with van der Waals surface area (Å²) in [5, 5.41) is 8.65. The van der Waals surface area contributed by atoms with Gasteiger partial charge in [0.15, 0.2) is 0 Å². The first kappa shape index (κ1) is 21.9. The lowest BCUT2D eigenvalue weighted by molar-refractivity contribution is 0.0780. The molecule has 0 aliphatic heterocycles. The van der Waals surface area contributed by atoms with Crippen molar-refractivity contribution in [2.75, 3.05) is 33.0 Å². The van der Waals surface area contributed by atoms with Crippen molar-refractivity contribution < 1.29 is 14.6 Å². The quantitative estimate of drug-likeness (QED) is 0.363. The molecule has 1 unspecified atom stereocenters. The molecule has 0 aliphatic rings. The van der Waals surface area contributed by atoms with Crippen molar-refractivity contribution in [3.8, 4) is 0 Å². The van der Waals surface area contributed by atoms with Gasteiger partial charge in [-0.3, -0.25) is 0 Å². The number of hydrogen-bond acceptors (Lipinski definition) is 3. The summed E-state index contributed by atoms with van der Waals surface area (Å²) >= 11 is 0. The Morgan fingerprint density at radius 3 is 2.00 bits per heavy atom. The molecule has 0 saturated carbocycles. The zero-order valence-electron chi connectivity index (χ0n) is 15.2. The Labute approximate surface area is 138 Å². The molecule has 22 heavy (non-hydrogen) atoms. The third kappa shape index (κ3) is 16.3. The highest BCUT2D eigenvalue weighted by molar-refractivity contribution is 4.57. The van der Waals surface area contributed by atoms with Crippen LogP contribution in [-0.2, 0) is 9.47 Å². The van der Waals surface area contributed by atoms with Gasteiger partial charge in [-0.05, 0) is 38.0 Å². The van der Waals surface area contributed by atoms with E-state index in [4.69, 9.17) is 14.6 Å². The van der Waals surface area contributed by atoms with E-state index in [9.17, 15) is 0 Å². The van der Waals surface area contributed by atoms with Crippen molar-refractivity contribution in [2.24, 2.45) is 5.92 Å². The topological polar surface area (TPSA) is 38.7 Å². The molecule has 0 rings (SSSR count). The van der Waals surface area contributed by atoms with Crippen LogP contribution in [-0.4, -0.2) is 38.1 Å². The molecular formula is C19H40O3. The standard InChI is InChI=1S/C19H40O3/c1-3-5-6-7-8-13-19(4-2)18-22-17-12-11-16-21-15-10-9-14-20/h19-20H,3-18H2,1-2H3. The van der Waals surface area contributed by atoms with Crippen LogP contribution in [0.3, 0.4) is 0 Å². The maximum Gasteiger partial charge on any atom is 0.0494 e.